The molecule has 1 N–H and O–H groups in total. The van der Waals surface area contributed by atoms with Crippen molar-refractivity contribution in [1.82, 2.24) is 15.4 Å². The topological polar surface area (TPSA) is 80.0 Å². The molecule has 1 aromatic heterocycles. The van der Waals surface area contributed by atoms with Crippen LogP contribution in [-0.2, 0) is 16.1 Å². The fraction of sp³-hybridized carbons (Fsp3) is 0.688. The zero-order chi connectivity index (χ0) is 16.8. The predicted molar refractivity (Wildman–Crippen MR) is 103 cm³/mol. The minimum Gasteiger partial charge on any atom is -0.469 e. The Morgan fingerprint density at radius 3 is 2.67 bits per heavy atom. The quantitative estimate of drug-likeness (QED) is 0.329. The molecule has 1 aromatic rings. The molecular formula is C16H27IN4O3. The lowest BCUT2D eigenvalue weighted by Crippen LogP contribution is -2.46. The van der Waals surface area contributed by atoms with Crippen LogP contribution in [0.2, 0.25) is 0 Å². The molecule has 8 heteroatoms. The smallest absolute Gasteiger partial charge is 0.308 e. The Hall–Kier alpha value is -1.32. The molecule has 136 valence electrons. The van der Waals surface area contributed by atoms with Crippen molar-refractivity contribution in [2.24, 2.45) is 10.9 Å². The van der Waals surface area contributed by atoms with Crippen molar-refractivity contribution in [2.75, 3.05) is 27.2 Å². The van der Waals surface area contributed by atoms with Gasteiger partial charge in [0.25, 0.3) is 0 Å². The Bertz CT molecular complexity index is 551. The van der Waals surface area contributed by atoms with Gasteiger partial charge in [-0.1, -0.05) is 19.0 Å². The normalized spacial score (nSPS) is 16.0. The van der Waals surface area contributed by atoms with Crippen LogP contribution in [0.5, 0.6) is 0 Å². The van der Waals surface area contributed by atoms with Gasteiger partial charge in [-0.05, 0) is 18.8 Å². The van der Waals surface area contributed by atoms with Crippen LogP contribution in [-0.4, -0.2) is 49.2 Å². The first-order valence-corrected chi connectivity index (χ1v) is 8.04. The third kappa shape index (κ3) is 5.35. The van der Waals surface area contributed by atoms with Gasteiger partial charge in [0, 0.05) is 26.2 Å². The van der Waals surface area contributed by atoms with E-state index in [1.54, 1.807) is 7.05 Å². The molecule has 0 radical (unpaired) electrons. The van der Waals surface area contributed by atoms with Gasteiger partial charge in [-0.25, -0.2) is 0 Å². The van der Waals surface area contributed by atoms with Crippen LogP contribution in [0.1, 0.15) is 44.1 Å². The summed E-state index contributed by atoms with van der Waals surface area (Å²) in [6.07, 6.45) is 1.57. The van der Waals surface area contributed by atoms with Crippen LogP contribution in [0.4, 0.5) is 0 Å². The van der Waals surface area contributed by atoms with Crippen LogP contribution in [0, 0.1) is 5.92 Å². The highest BCUT2D eigenvalue weighted by Crippen LogP contribution is 2.19. The van der Waals surface area contributed by atoms with Crippen molar-refractivity contribution in [3.05, 3.63) is 17.5 Å². The number of hydrogen-bond donors (Lipinski definition) is 1. The SMILES string of the molecule is CN=C(NCc1cc(C(C)C)no1)N1CCC(C(=O)OC)CC1.I. The van der Waals surface area contributed by atoms with Crippen LogP contribution in [0.25, 0.3) is 0 Å². The molecule has 1 aliphatic rings. The molecule has 1 fully saturated rings. The summed E-state index contributed by atoms with van der Waals surface area (Å²) in [6, 6.07) is 1.97. The fourth-order valence-electron chi connectivity index (χ4n) is 2.68. The minimum absolute atomic E-state index is 0. The number of halogens is 1. The number of nitrogens with zero attached hydrogens (tertiary/aromatic N) is 3. The number of piperidine rings is 1. The lowest BCUT2D eigenvalue weighted by atomic mass is 9.97. The number of likely N-dealkylation sites (tertiary alicyclic amines) is 1. The van der Waals surface area contributed by atoms with Gasteiger partial charge in [0.1, 0.15) is 0 Å². The number of rotatable bonds is 4. The largest absolute Gasteiger partial charge is 0.469 e. The molecule has 0 unspecified atom stereocenters. The highest BCUT2D eigenvalue weighted by atomic mass is 127. The van der Waals surface area contributed by atoms with Crippen molar-refractivity contribution in [3.8, 4) is 0 Å². The van der Waals surface area contributed by atoms with E-state index in [0.717, 1.165) is 43.3 Å². The van der Waals surface area contributed by atoms with E-state index < -0.39 is 0 Å². The Labute approximate surface area is 160 Å². The maximum absolute atomic E-state index is 11.6. The van der Waals surface area contributed by atoms with Gasteiger partial charge < -0.3 is 19.5 Å². The van der Waals surface area contributed by atoms with E-state index in [-0.39, 0.29) is 35.9 Å². The fourth-order valence-corrected chi connectivity index (χ4v) is 2.68. The van der Waals surface area contributed by atoms with Gasteiger partial charge in [-0.15, -0.1) is 24.0 Å². The maximum atomic E-state index is 11.6. The highest BCUT2D eigenvalue weighted by Gasteiger charge is 2.27. The number of carbonyl (C=O) groups excluding carboxylic acids is 1. The first kappa shape index (κ1) is 20.7. The summed E-state index contributed by atoms with van der Waals surface area (Å²) < 4.78 is 10.1. The van der Waals surface area contributed by atoms with Crippen LogP contribution in [0.15, 0.2) is 15.6 Å². The Morgan fingerprint density at radius 1 is 1.50 bits per heavy atom. The number of esters is 1. The van der Waals surface area contributed by atoms with E-state index in [0.29, 0.717) is 12.5 Å². The molecule has 7 nitrogen and oxygen atoms in total. The van der Waals surface area contributed by atoms with Gasteiger partial charge in [0.2, 0.25) is 0 Å². The van der Waals surface area contributed by atoms with Crippen LogP contribution < -0.4 is 5.32 Å². The third-order valence-corrected chi connectivity index (χ3v) is 4.13. The van der Waals surface area contributed by atoms with E-state index in [9.17, 15) is 4.79 Å². The summed E-state index contributed by atoms with van der Waals surface area (Å²) in [5, 5.41) is 7.34. The lowest BCUT2D eigenvalue weighted by molar-refractivity contribution is -0.146. The number of hydrogen-bond acceptors (Lipinski definition) is 5. The lowest BCUT2D eigenvalue weighted by Gasteiger charge is -2.33. The number of nitrogens with one attached hydrogen (secondary N) is 1. The van der Waals surface area contributed by atoms with Crippen molar-refractivity contribution in [1.29, 1.82) is 0 Å². The molecule has 2 rings (SSSR count). The summed E-state index contributed by atoms with van der Waals surface area (Å²) in [5.41, 5.74) is 0.954. The first-order chi connectivity index (χ1) is 11.0. The number of aliphatic imine (C=N–C) groups is 1. The highest BCUT2D eigenvalue weighted by molar-refractivity contribution is 14.0. The van der Waals surface area contributed by atoms with Crippen LogP contribution in [0.3, 0.4) is 0 Å². The average molecular weight is 450 g/mol. The number of aromatic nitrogens is 1. The van der Waals surface area contributed by atoms with Gasteiger partial charge in [-0.2, -0.15) is 0 Å². The Balaban J connectivity index is 0.00000288. The molecule has 0 saturated carbocycles. The summed E-state index contributed by atoms with van der Waals surface area (Å²) in [7, 11) is 3.20. The van der Waals surface area contributed by atoms with E-state index >= 15 is 0 Å². The van der Waals surface area contributed by atoms with Crippen molar-refractivity contribution >= 4 is 35.9 Å². The van der Waals surface area contributed by atoms with Gasteiger partial charge in [-0.3, -0.25) is 9.79 Å². The monoisotopic (exact) mass is 450 g/mol. The van der Waals surface area contributed by atoms with Crippen molar-refractivity contribution in [3.63, 3.8) is 0 Å². The molecule has 0 aromatic carbocycles. The second kappa shape index (κ2) is 9.85. The van der Waals surface area contributed by atoms with Crippen LogP contribution >= 0.6 is 24.0 Å². The number of methoxy groups -OCH3 is 1. The second-order valence-corrected chi connectivity index (χ2v) is 6.06. The van der Waals surface area contributed by atoms with Gasteiger partial charge in [0.15, 0.2) is 11.7 Å². The van der Waals surface area contributed by atoms with Crippen molar-refractivity contribution in [2.45, 2.75) is 39.2 Å². The zero-order valence-electron chi connectivity index (χ0n) is 14.7. The Kier molecular flexibility index (Phi) is 8.51. The molecule has 0 bridgehead atoms. The zero-order valence-corrected chi connectivity index (χ0v) is 17.1. The summed E-state index contributed by atoms with van der Waals surface area (Å²) in [6.45, 7) is 6.28. The summed E-state index contributed by atoms with van der Waals surface area (Å²) in [5.74, 6) is 1.84. The molecule has 1 aliphatic heterocycles. The molecule has 0 atom stereocenters. The molecule has 0 spiro atoms. The second-order valence-electron chi connectivity index (χ2n) is 6.06. The predicted octanol–water partition coefficient (Wildman–Crippen LogP) is 2.38. The van der Waals surface area contributed by atoms with E-state index in [1.807, 2.05) is 6.07 Å². The molecule has 1 saturated heterocycles. The first-order valence-electron chi connectivity index (χ1n) is 8.04. The summed E-state index contributed by atoms with van der Waals surface area (Å²) in [4.78, 5) is 18.0. The van der Waals surface area contributed by atoms with Crippen molar-refractivity contribution < 1.29 is 14.1 Å². The number of ether oxygens (including phenoxy) is 1. The van der Waals surface area contributed by atoms with E-state index in [1.165, 1.54) is 7.11 Å². The molecule has 2 heterocycles. The molecule has 0 aliphatic carbocycles. The standard InChI is InChI=1S/C16H26N4O3.HI/c1-11(2)14-9-13(23-19-14)10-18-16(17-3)20-7-5-12(6-8-20)15(21)22-4;/h9,11-12H,5-8,10H2,1-4H3,(H,17,18);1H. The Morgan fingerprint density at radius 2 is 2.17 bits per heavy atom. The number of carbonyl (C=O) groups is 1. The number of guanidine groups is 1. The van der Waals surface area contributed by atoms with Gasteiger partial charge >= 0.3 is 5.97 Å². The maximum Gasteiger partial charge on any atom is 0.308 e. The average Bonchev–Trinajstić information content (AvgIpc) is 3.04. The van der Waals surface area contributed by atoms with E-state index in [4.69, 9.17) is 9.26 Å². The molecule has 24 heavy (non-hydrogen) atoms. The minimum atomic E-state index is -0.115. The third-order valence-electron chi connectivity index (χ3n) is 4.13. The molecule has 0 amide bonds. The molecular weight excluding hydrogens is 423 g/mol. The summed E-state index contributed by atoms with van der Waals surface area (Å²) >= 11 is 0. The van der Waals surface area contributed by atoms with E-state index in [2.05, 4.69) is 34.2 Å². The van der Waals surface area contributed by atoms with Gasteiger partial charge in [0.05, 0.1) is 25.3 Å².